The Balaban J connectivity index is 1.84. The molecule has 0 radical (unpaired) electrons. The molecule has 150 valence electrons. The Bertz CT molecular complexity index is 1330. The van der Waals surface area contributed by atoms with Gasteiger partial charge in [0.2, 0.25) is 0 Å². The lowest BCUT2D eigenvalue weighted by molar-refractivity contribution is -0.139. The Morgan fingerprint density at radius 2 is 1.62 bits per heavy atom. The number of ether oxygens (including phenoxy) is 1. The van der Waals surface area contributed by atoms with Crippen LogP contribution < -0.4 is 9.46 Å². The van der Waals surface area contributed by atoms with Crippen LogP contribution in [-0.4, -0.2) is 15.5 Å². The van der Waals surface area contributed by atoms with Crippen LogP contribution in [0.5, 0.6) is 5.75 Å². The standard InChI is InChI=1S/C20H14F3NO4S/c1-27-18-10-13-12-6-2-4-8-16(12)28-17(13)11-15(18)24-29(25,26)19-9-5-3-7-14(19)20(21,22)23/h2-11,24H,1H3. The van der Waals surface area contributed by atoms with E-state index in [0.717, 1.165) is 17.5 Å². The van der Waals surface area contributed by atoms with Crippen molar-refractivity contribution >= 4 is 37.6 Å². The molecule has 3 aromatic carbocycles. The second kappa shape index (κ2) is 6.70. The van der Waals surface area contributed by atoms with Crippen LogP contribution in [0.25, 0.3) is 21.9 Å². The Hall–Kier alpha value is -3.20. The van der Waals surface area contributed by atoms with Gasteiger partial charge in [-0.15, -0.1) is 0 Å². The van der Waals surface area contributed by atoms with Crippen LogP contribution >= 0.6 is 0 Å². The van der Waals surface area contributed by atoms with Gasteiger partial charge in [0.25, 0.3) is 10.0 Å². The molecule has 4 aromatic rings. The SMILES string of the molecule is COc1cc2c(cc1NS(=O)(=O)c1ccccc1C(F)(F)F)oc1ccccc12. The molecular weight excluding hydrogens is 407 g/mol. The third-order valence-corrected chi connectivity index (χ3v) is 5.85. The summed E-state index contributed by atoms with van der Waals surface area (Å²) in [6.07, 6.45) is -4.82. The highest BCUT2D eigenvalue weighted by Crippen LogP contribution is 2.39. The highest BCUT2D eigenvalue weighted by atomic mass is 32.2. The molecule has 1 heterocycles. The molecule has 4 rings (SSSR count). The first-order valence-corrected chi connectivity index (χ1v) is 9.87. The lowest BCUT2D eigenvalue weighted by atomic mass is 10.1. The molecule has 0 atom stereocenters. The van der Waals surface area contributed by atoms with E-state index in [2.05, 4.69) is 4.72 Å². The van der Waals surface area contributed by atoms with Crippen LogP contribution in [0.4, 0.5) is 18.9 Å². The molecule has 0 aliphatic carbocycles. The van der Waals surface area contributed by atoms with Crippen molar-refractivity contribution in [1.82, 2.24) is 0 Å². The number of rotatable bonds is 4. The number of methoxy groups -OCH3 is 1. The molecule has 0 unspecified atom stereocenters. The molecule has 5 nitrogen and oxygen atoms in total. The van der Waals surface area contributed by atoms with E-state index >= 15 is 0 Å². The number of alkyl halides is 3. The van der Waals surface area contributed by atoms with Gasteiger partial charge in [0.15, 0.2) is 0 Å². The molecular formula is C20H14F3NO4S. The monoisotopic (exact) mass is 421 g/mol. The molecule has 9 heteroatoms. The van der Waals surface area contributed by atoms with Gasteiger partial charge in [0.1, 0.15) is 16.9 Å². The predicted molar refractivity (Wildman–Crippen MR) is 103 cm³/mol. The van der Waals surface area contributed by atoms with Crippen molar-refractivity contribution < 1.29 is 30.7 Å². The lowest BCUT2D eigenvalue weighted by Crippen LogP contribution is -2.19. The number of nitrogens with one attached hydrogen (secondary N) is 1. The molecule has 0 amide bonds. The molecule has 0 aliphatic heterocycles. The average molecular weight is 421 g/mol. The number of anilines is 1. The zero-order valence-electron chi connectivity index (χ0n) is 14.9. The van der Waals surface area contributed by atoms with E-state index < -0.39 is 26.7 Å². The minimum absolute atomic E-state index is 0.0315. The van der Waals surface area contributed by atoms with Crippen molar-refractivity contribution in [1.29, 1.82) is 0 Å². The number of hydrogen-bond acceptors (Lipinski definition) is 4. The minimum atomic E-state index is -4.82. The normalized spacial score (nSPS) is 12.4. The number of para-hydroxylation sites is 1. The summed E-state index contributed by atoms with van der Waals surface area (Å²) < 4.78 is 78.4. The quantitative estimate of drug-likeness (QED) is 0.478. The highest BCUT2D eigenvalue weighted by Gasteiger charge is 2.37. The van der Waals surface area contributed by atoms with Crippen molar-refractivity contribution in [3.63, 3.8) is 0 Å². The zero-order chi connectivity index (χ0) is 20.8. The second-order valence-corrected chi connectivity index (χ2v) is 7.90. The molecule has 0 fully saturated rings. The predicted octanol–water partition coefficient (Wildman–Crippen LogP) is 5.41. The summed E-state index contributed by atoms with van der Waals surface area (Å²) in [5, 5.41) is 1.49. The first kappa shape index (κ1) is 19.1. The van der Waals surface area contributed by atoms with Crippen molar-refractivity contribution in [2.45, 2.75) is 11.1 Å². The Morgan fingerprint density at radius 1 is 0.931 bits per heavy atom. The number of hydrogen-bond donors (Lipinski definition) is 1. The van der Waals surface area contributed by atoms with Gasteiger partial charge in [-0.05, 0) is 24.3 Å². The molecule has 1 N–H and O–H groups in total. The van der Waals surface area contributed by atoms with Crippen LogP contribution in [0, 0.1) is 0 Å². The second-order valence-electron chi connectivity index (χ2n) is 6.25. The summed E-state index contributed by atoms with van der Waals surface area (Å²) in [6, 6.07) is 14.2. The number of fused-ring (bicyclic) bond motifs is 3. The number of furan rings is 1. The van der Waals surface area contributed by atoms with Crippen LogP contribution in [0.2, 0.25) is 0 Å². The summed E-state index contributed by atoms with van der Waals surface area (Å²) in [4.78, 5) is -0.876. The maximum absolute atomic E-state index is 13.3. The van der Waals surface area contributed by atoms with Crippen LogP contribution in [0.15, 0.2) is 70.0 Å². The van der Waals surface area contributed by atoms with Gasteiger partial charge >= 0.3 is 6.18 Å². The molecule has 29 heavy (non-hydrogen) atoms. The summed E-state index contributed by atoms with van der Waals surface area (Å²) in [6.45, 7) is 0. The van der Waals surface area contributed by atoms with Crippen molar-refractivity contribution in [2.75, 3.05) is 11.8 Å². The fourth-order valence-corrected chi connectivity index (χ4v) is 4.43. The molecule has 0 saturated heterocycles. The Labute approximate surface area is 163 Å². The first-order chi connectivity index (χ1) is 13.7. The van der Waals surface area contributed by atoms with Gasteiger partial charge in [-0.1, -0.05) is 30.3 Å². The topological polar surface area (TPSA) is 68.5 Å². The van der Waals surface area contributed by atoms with Crippen LogP contribution in [0.1, 0.15) is 5.56 Å². The van der Waals surface area contributed by atoms with Gasteiger partial charge in [0.05, 0.1) is 23.3 Å². The van der Waals surface area contributed by atoms with Gasteiger partial charge in [-0.2, -0.15) is 13.2 Å². The van der Waals surface area contributed by atoms with Gasteiger partial charge in [-0.25, -0.2) is 8.42 Å². The van der Waals surface area contributed by atoms with E-state index in [0.29, 0.717) is 22.6 Å². The Kier molecular flexibility index (Phi) is 4.42. The summed E-state index contributed by atoms with van der Waals surface area (Å²) in [7, 11) is -3.21. The van der Waals surface area contributed by atoms with Gasteiger partial charge in [0, 0.05) is 16.8 Å². The Morgan fingerprint density at radius 3 is 2.34 bits per heavy atom. The fraction of sp³-hybridized carbons (Fsp3) is 0.100. The van der Waals surface area contributed by atoms with Gasteiger partial charge in [-0.3, -0.25) is 4.72 Å². The van der Waals surface area contributed by atoms with E-state index in [-0.39, 0.29) is 11.4 Å². The maximum atomic E-state index is 13.3. The highest BCUT2D eigenvalue weighted by molar-refractivity contribution is 7.92. The smallest absolute Gasteiger partial charge is 0.417 e. The first-order valence-electron chi connectivity index (χ1n) is 8.39. The number of sulfonamides is 1. The van der Waals surface area contributed by atoms with E-state index in [1.807, 2.05) is 12.1 Å². The summed E-state index contributed by atoms with van der Waals surface area (Å²) in [5.41, 5.74) is -0.326. The molecule has 0 bridgehead atoms. The van der Waals surface area contributed by atoms with E-state index in [1.54, 1.807) is 18.2 Å². The maximum Gasteiger partial charge on any atom is 0.417 e. The van der Waals surface area contributed by atoms with E-state index in [4.69, 9.17) is 9.15 Å². The van der Waals surface area contributed by atoms with Crippen LogP contribution in [0.3, 0.4) is 0 Å². The number of halogens is 3. The average Bonchev–Trinajstić information content (AvgIpc) is 3.03. The third kappa shape index (κ3) is 3.38. The molecule has 0 aliphatic rings. The van der Waals surface area contributed by atoms with E-state index in [1.165, 1.54) is 19.2 Å². The van der Waals surface area contributed by atoms with Crippen molar-refractivity contribution in [3.8, 4) is 5.75 Å². The third-order valence-electron chi connectivity index (χ3n) is 4.43. The van der Waals surface area contributed by atoms with Crippen LogP contribution in [-0.2, 0) is 16.2 Å². The fourth-order valence-electron chi connectivity index (χ4n) is 3.14. The lowest BCUT2D eigenvalue weighted by Gasteiger charge is -2.15. The zero-order valence-corrected chi connectivity index (χ0v) is 15.8. The minimum Gasteiger partial charge on any atom is -0.495 e. The van der Waals surface area contributed by atoms with Crippen molar-refractivity contribution in [3.05, 3.63) is 66.2 Å². The largest absolute Gasteiger partial charge is 0.495 e. The summed E-state index contributed by atoms with van der Waals surface area (Å²) in [5.74, 6) is 0.150. The summed E-state index contributed by atoms with van der Waals surface area (Å²) >= 11 is 0. The molecule has 1 aromatic heterocycles. The number of benzene rings is 3. The molecule has 0 spiro atoms. The van der Waals surface area contributed by atoms with Gasteiger partial charge < -0.3 is 9.15 Å². The molecule has 0 saturated carbocycles. The van der Waals surface area contributed by atoms with E-state index in [9.17, 15) is 21.6 Å². The van der Waals surface area contributed by atoms with Crippen molar-refractivity contribution in [2.24, 2.45) is 0 Å².